The summed E-state index contributed by atoms with van der Waals surface area (Å²) in [5.41, 5.74) is 3.04. The topological polar surface area (TPSA) is 96.0 Å². The van der Waals surface area contributed by atoms with Crippen molar-refractivity contribution in [2.75, 3.05) is 31.5 Å². The van der Waals surface area contributed by atoms with E-state index in [0.29, 0.717) is 48.6 Å². The van der Waals surface area contributed by atoms with Crippen LogP contribution in [-0.4, -0.2) is 59.5 Å². The molecule has 1 saturated carbocycles. The zero-order valence-corrected chi connectivity index (χ0v) is 22.3. The molecular weight excluding hydrogens is 506 g/mol. The van der Waals surface area contributed by atoms with E-state index in [-0.39, 0.29) is 29.3 Å². The molecule has 2 amide bonds. The van der Waals surface area contributed by atoms with Crippen LogP contribution in [0.2, 0.25) is 0 Å². The van der Waals surface area contributed by atoms with Gasteiger partial charge < -0.3 is 19.9 Å². The number of hydrogen-bond donors (Lipinski definition) is 1. The van der Waals surface area contributed by atoms with Gasteiger partial charge in [-0.05, 0) is 48.2 Å². The second-order valence-corrected chi connectivity index (χ2v) is 10.7. The van der Waals surface area contributed by atoms with Crippen LogP contribution in [-0.2, 0) is 9.59 Å². The molecule has 1 saturated heterocycles. The van der Waals surface area contributed by atoms with Gasteiger partial charge in [0.05, 0.1) is 17.5 Å². The minimum absolute atomic E-state index is 0.117. The molecule has 3 aliphatic rings. The molecule has 0 radical (unpaired) electrons. The number of Topliss-reactive ketones (excluding diaryl/α,β-unsaturated/α-hetero) is 1. The fourth-order valence-corrected chi connectivity index (χ4v) is 5.75. The van der Waals surface area contributed by atoms with E-state index in [0.717, 1.165) is 18.4 Å². The minimum Gasteiger partial charge on any atom is -0.426 e. The smallest absolute Gasteiger partial charge is 0.308 e. The summed E-state index contributed by atoms with van der Waals surface area (Å²) < 4.78 is 5.41. The van der Waals surface area contributed by atoms with Crippen LogP contribution in [0.5, 0.6) is 5.75 Å². The van der Waals surface area contributed by atoms with Crippen molar-refractivity contribution in [1.82, 2.24) is 9.80 Å². The first-order chi connectivity index (χ1) is 19.4. The number of benzene rings is 3. The largest absolute Gasteiger partial charge is 0.426 e. The average molecular weight is 538 g/mol. The second-order valence-electron chi connectivity index (χ2n) is 10.7. The number of esters is 1. The van der Waals surface area contributed by atoms with E-state index in [2.05, 4.69) is 5.32 Å². The van der Waals surface area contributed by atoms with Crippen molar-refractivity contribution in [1.29, 1.82) is 0 Å². The highest BCUT2D eigenvalue weighted by Crippen LogP contribution is 2.45. The lowest BCUT2D eigenvalue weighted by atomic mass is 9.77. The number of nitrogens with one attached hydrogen (secondary N) is 1. The first-order valence-corrected chi connectivity index (χ1v) is 13.8. The number of anilines is 1. The molecule has 0 spiro atoms. The molecule has 3 aromatic carbocycles. The Balaban J connectivity index is 1.31. The highest BCUT2D eigenvalue weighted by molar-refractivity contribution is 6.10. The van der Waals surface area contributed by atoms with E-state index in [4.69, 9.17) is 4.74 Å². The van der Waals surface area contributed by atoms with E-state index in [1.54, 1.807) is 41.3 Å². The number of carbonyl (C=O) groups excluding carboxylic acids is 4. The van der Waals surface area contributed by atoms with Gasteiger partial charge in [-0.1, -0.05) is 48.5 Å². The zero-order valence-electron chi connectivity index (χ0n) is 22.3. The summed E-state index contributed by atoms with van der Waals surface area (Å²) in [4.78, 5) is 55.6. The van der Waals surface area contributed by atoms with Gasteiger partial charge in [0.25, 0.3) is 5.91 Å². The lowest BCUT2D eigenvalue weighted by Crippen LogP contribution is -2.51. The van der Waals surface area contributed by atoms with Gasteiger partial charge >= 0.3 is 5.97 Å². The van der Waals surface area contributed by atoms with Crippen molar-refractivity contribution in [3.05, 3.63) is 95.1 Å². The van der Waals surface area contributed by atoms with Gasteiger partial charge in [0.2, 0.25) is 5.91 Å². The zero-order chi connectivity index (χ0) is 27.8. The number of rotatable bonds is 5. The summed E-state index contributed by atoms with van der Waals surface area (Å²) in [6.07, 6.45) is 1.94. The first kappa shape index (κ1) is 25.8. The third-order valence-corrected chi connectivity index (χ3v) is 7.91. The molecule has 0 aromatic heterocycles. The van der Waals surface area contributed by atoms with Crippen LogP contribution < -0.4 is 10.1 Å². The molecule has 8 nitrogen and oxygen atoms in total. The van der Waals surface area contributed by atoms with Gasteiger partial charge in [0, 0.05) is 50.3 Å². The third kappa shape index (κ3) is 4.97. The maximum atomic E-state index is 14.2. The quantitative estimate of drug-likeness (QED) is 0.382. The third-order valence-electron chi connectivity index (χ3n) is 7.91. The predicted octanol–water partition coefficient (Wildman–Crippen LogP) is 4.44. The summed E-state index contributed by atoms with van der Waals surface area (Å²) in [5.74, 6) is -0.876. The molecule has 2 unspecified atom stereocenters. The number of ether oxygens (including phenoxy) is 1. The predicted molar refractivity (Wildman–Crippen MR) is 149 cm³/mol. The Bertz CT molecular complexity index is 1470. The standard InChI is InChI=1S/C32H31N3O5/c1-20(36)40-26-12-6-11-25-28(26)30(37)27(29(33-25)21-7-3-2-4-8-21)23-9-5-10-24(19-23)32(39)35-17-15-34(16-18-35)31(38)22-13-14-22/h2-12,19,22,27,29,33H,13-18H2,1H3. The highest BCUT2D eigenvalue weighted by Gasteiger charge is 2.40. The van der Waals surface area contributed by atoms with Gasteiger partial charge in [-0.3, -0.25) is 19.2 Å². The van der Waals surface area contributed by atoms with E-state index < -0.39 is 17.9 Å². The van der Waals surface area contributed by atoms with Gasteiger partial charge in [-0.15, -0.1) is 0 Å². The number of nitrogens with zero attached hydrogens (tertiary/aromatic N) is 2. The Labute approximate surface area is 232 Å². The molecule has 8 heteroatoms. The molecule has 40 heavy (non-hydrogen) atoms. The maximum absolute atomic E-state index is 14.2. The molecule has 6 rings (SSSR count). The Morgan fingerprint density at radius 1 is 0.825 bits per heavy atom. The first-order valence-electron chi connectivity index (χ1n) is 13.8. The normalized spacial score (nSPS) is 20.4. The number of carbonyl (C=O) groups is 4. The van der Waals surface area contributed by atoms with E-state index in [1.807, 2.05) is 41.3 Å². The van der Waals surface area contributed by atoms with Gasteiger partial charge in [-0.25, -0.2) is 0 Å². The number of piperazine rings is 1. The second kappa shape index (κ2) is 10.6. The SMILES string of the molecule is CC(=O)Oc1cccc2c1C(=O)C(c1cccc(C(=O)N3CCN(C(=O)C4CC4)CC3)c1)C(c1ccccc1)N2. The van der Waals surface area contributed by atoms with Crippen LogP contribution in [0, 0.1) is 5.92 Å². The van der Waals surface area contributed by atoms with Crippen LogP contribution >= 0.6 is 0 Å². The number of ketones is 1. The van der Waals surface area contributed by atoms with Crippen molar-refractivity contribution in [3.8, 4) is 5.75 Å². The lowest BCUT2D eigenvalue weighted by molar-refractivity contribution is -0.134. The van der Waals surface area contributed by atoms with Crippen molar-refractivity contribution in [2.45, 2.75) is 31.7 Å². The number of fused-ring (bicyclic) bond motifs is 1. The van der Waals surface area contributed by atoms with E-state index in [1.165, 1.54) is 6.92 Å². The van der Waals surface area contributed by atoms with Crippen LogP contribution in [0.3, 0.4) is 0 Å². The average Bonchev–Trinajstić information content (AvgIpc) is 3.82. The van der Waals surface area contributed by atoms with Crippen LogP contribution in [0.1, 0.15) is 63.6 Å². The molecule has 2 atom stereocenters. The van der Waals surface area contributed by atoms with Gasteiger partial charge in [0.15, 0.2) is 5.78 Å². The highest BCUT2D eigenvalue weighted by atomic mass is 16.5. The fourth-order valence-electron chi connectivity index (χ4n) is 5.75. The summed E-state index contributed by atoms with van der Waals surface area (Å²) >= 11 is 0. The molecule has 3 aromatic rings. The molecule has 2 aliphatic heterocycles. The minimum atomic E-state index is -0.660. The van der Waals surface area contributed by atoms with Crippen molar-refractivity contribution < 1.29 is 23.9 Å². The number of amides is 2. The lowest BCUT2D eigenvalue weighted by Gasteiger charge is -2.36. The molecule has 2 heterocycles. The van der Waals surface area contributed by atoms with Crippen LogP contribution in [0.4, 0.5) is 5.69 Å². The summed E-state index contributed by atoms with van der Waals surface area (Å²) in [6.45, 7) is 3.35. The molecular formula is C32H31N3O5. The van der Waals surface area contributed by atoms with Crippen LogP contribution in [0.25, 0.3) is 0 Å². The molecule has 0 bridgehead atoms. The van der Waals surface area contributed by atoms with Crippen LogP contribution in [0.15, 0.2) is 72.8 Å². The molecule has 204 valence electrons. The van der Waals surface area contributed by atoms with Crippen molar-refractivity contribution in [3.63, 3.8) is 0 Å². The Kier molecular flexibility index (Phi) is 6.84. The van der Waals surface area contributed by atoms with Crippen molar-refractivity contribution >= 4 is 29.3 Å². The monoisotopic (exact) mass is 537 g/mol. The fraction of sp³-hybridized carbons (Fsp3) is 0.312. The summed E-state index contributed by atoms with van der Waals surface area (Å²) in [7, 11) is 0. The van der Waals surface area contributed by atoms with E-state index >= 15 is 0 Å². The summed E-state index contributed by atoms with van der Waals surface area (Å²) in [5, 5.41) is 3.50. The van der Waals surface area contributed by atoms with Gasteiger partial charge in [0.1, 0.15) is 5.75 Å². The van der Waals surface area contributed by atoms with Gasteiger partial charge in [-0.2, -0.15) is 0 Å². The Morgan fingerprint density at radius 3 is 2.20 bits per heavy atom. The van der Waals surface area contributed by atoms with E-state index in [9.17, 15) is 19.2 Å². The summed E-state index contributed by atoms with van der Waals surface area (Å²) in [6, 6.07) is 21.7. The molecule has 2 fully saturated rings. The Morgan fingerprint density at radius 2 is 1.50 bits per heavy atom. The number of hydrogen-bond acceptors (Lipinski definition) is 6. The molecule has 1 N–H and O–H groups in total. The maximum Gasteiger partial charge on any atom is 0.308 e. The molecule has 1 aliphatic carbocycles. The Hall–Kier alpha value is -4.46. The van der Waals surface area contributed by atoms with Crippen molar-refractivity contribution in [2.24, 2.45) is 5.92 Å².